The average Bonchev–Trinajstić information content (AvgIpc) is 3.23. The minimum Gasteiger partial charge on any atom is -0.875 e. The van der Waals surface area contributed by atoms with E-state index in [9.17, 15) is 39.0 Å². The van der Waals surface area contributed by atoms with Crippen LogP contribution < -0.4 is 10.2 Å². The summed E-state index contributed by atoms with van der Waals surface area (Å²) in [5, 5.41) is 25.0. The summed E-state index contributed by atoms with van der Waals surface area (Å²) in [6.07, 6.45) is 20.7. The summed E-state index contributed by atoms with van der Waals surface area (Å²) in [4.78, 5) is 77.0. The molecule has 0 saturated carbocycles. The van der Waals surface area contributed by atoms with Gasteiger partial charge in [-0.1, -0.05) is 166 Å². The second kappa shape index (κ2) is 29.2. The minimum absolute atomic E-state index is 0. The SMILES string of the molecule is CCCCCCCCCCC/C([O-])=C1\C(=O)CCN(C(=O)c2ccccc2)C1=O.CCCCCCCCCCC/C([O-])=C1\C(=O)CCN(C(=O)c2ccccc2)C1=O.[Mg+2]. The first-order chi connectivity index (χ1) is 28.1. The second-order valence-electron chi connectivity index (χ2n) is 15.4. The topological polar surface area (TPSA) is 155 Å². The third-order valence-electron chi connectivity index (χ3n) is 10.7. The summed E-state index contributed by atoms with van der Waals surface area (Å²) in [6.45, 7) is 4.46. The Kier molecular flexibility index (Phi) is 25.2. The van der Waals surface area contributed by atoms with Gasteiger partial charge in [0.05, 0.1) is 11.1 Å². The van der Waals surface area contributed by atoms with Crippen molar-refractivity contribution in [3.63, 3.8) is 0 Å². The standard InChI is InChI=1S/2C24H33NO4.Mg/c2*1-2-3-4-5-6-7-8-9-13-16-20(26)22-21(27)17-18-25(24(22)29)23(28)19-14-11-10-12-15-19;/h2*10-12,14-15,26H,2-9,13,16-18H2,1H3;/q;;+2/p-2/b2*22-20-;. The molecule has 316 valence electrons. The number of ketones is 2. The van der Waals surface area contributed by atoms with Crippen molar-refractivity contribution in [1.82, 2.24) is 9.80 Å². The molecule has 11 heteroatoms. The molecule has 2 aliphatic rings. The first kappa shape index (κ1) is 51.0. The van der Waals surface area contributed by atoms with E-state index >= 15 is 0 Å². The number of allylic oxidation sites excluding steroid dienone is 2. The normalized spacial score (nSPS) is 16.0. The predicted octanol–water partition coefficient (Wildman–Crippen LogP) is 7.95. The number of hydrogen-bond donors (Lipinski definition) is 0. The quantitative estimate of drug-likeness (QED) is 0.0290. The van der Waals surface area contributed by atoms with Crippen LogP contribution in [0, 0.1) is 0 Å². The zero-order chi connectivity index (χ0) is 42.1. The van der Waals surface area contributed by atoms with Crippen LogP contribution in [0.25, 0.3) is 0 Å². The summed E-state index contributed by atoms with van der Waals surface area (Å²) in [6, 6.07) is 16.9. The van der Waals surface area contributed by atoms with Crippen LogP contribution in [0.5, 0.6) is 0 Å². The molecule has 4 amide bonds. The molecule has 2 aromatic carbocycles. The van der Waals surface area contributed by atoms with Crippen LogP contribution in [-0.2, 0) is 19.2 Å². The van der Waals surface area contributed by atoms with Crippen molar-refractivity contribution < 1.29 is 39.0 Å². The van der Waals surface area contributed by atoms with Crippen LogP contribution in [0.3, 0.4) is 0 Å². The van der Waals surface area contributed by atoms with Crippen molar-refractivity contribution in [2.24, 2.45) is 0 Å². The predicted molar refractivity (Wildman–Crippen MR) is 228 cm³/mol. The van der Waals surface area contributed by atoms with Crippen LogP contribution >= 0.6 is 0 Å². The van der Waals surface area contributed by atoms with E-state index < -0.39 is 46.7 Å². The van der Waals surface area contributed by atoms with Gasteiger partial charge in [0.2, 0.25) is 0 Å². The number of piperidine rings is 2. The first-order valence-electron chi connectivity index (χ1n) is 21.8. The van der Waals surface area contributed by atoms with E-state index in [1.807, 2.05) is 0 Å². The van der Waals surface area contributed by atoms with Gasteiger partial charge in [0, 0.05) is 37.1 Å². The van der Waals surface area contributed by atoms with Crippen molar-refractivity contribution in [3.8, 4) is 0 Å². The molecular formula is C48H64MgN2O8. The molecule has 59 heavy (non-hydrogen) atoms. The minimum atomic E-state index is -0.740. The van der Waals surface area contributed by atoms with Crippen molar-refractivity contribution in [2.45, 2.75) is 155 Å². The molecule has 0 spiro atoms. The molecule has 2 aromatic rings. The van der Waals surface area contributed by atoms with E-state index in [0.29, 0.717) is 24.0 Å². The van der Waals surface area contributed by atoms with Gasteiger partial charge in [0.15, 0.2) is 11.6 Å². The van der Waals surface area contributed by atoms with Gasteiger partial charge in [-0.15, -0.1) is 11.5 Å². The fourth-order valence-corrected chi connectivity index (χ4v) is 7.24. The summed E-state index contributed by atoms with van der Waals surface area (Å²) in [5.74, 6) is -4.12. The number of nitrogens with zero attached hydrogens (tertiary/aromatic N) is 2. The number of carbonyl (C=O) groups is 6. The van der Waals surface area contributed by atoms with Crippen molar-refractivity contribution in [3.05, 3.63) is 94.5 Å². The number of rotatable bonds is 22. The van der Waals surface area contributed by atoms with Gasteiger partial charge in [-0.05, 0) is 37.1 Å². The summed E-state index contributed by atoms with van der Waals surface area (Å²) in [5.41, 5.74) is 0.113. The molecule has 10 nitrogen and oxygen atoms in total. The van der Waals surface area contributed by atoms with E-state index in [-0.39, 0.29) is 73.0 Å². The van der Waals surface area contributed by atoms with Crippen molar-refractivity contribution in [1.29, 1.82) is 0 Å². The Bertz CT molecular complexity index is 1580. The molecule has 2 heterocycles. The van der Waals surface area contributed by atoms with Crippen molar-refractivity contribution in [2.75, 3.05) is 13.1 Å². The number of carbonyl (C=O) groups excluding carboxylic acids is 6. The number of amides is 4. The van der Waals surface area contributed by atoms with Crippen LogP contribution in [0.15, 0.2) is 83.3 Å². The molecule has 0 aliphatic carbocycles. The number of unbranched alkanes of at least 4 members (excludes halogenated alkanes) is 16. The molecule has 0 atom stereocenters. The van der Waals surface area contributed by atoms with E-state index in [4.69, 9.17) is 0 Å². The fourth-order valence-electron chi connectivity index (χ4n) is 7.24. The van der Waals surface area contributed by atoms with Gasteiger partial charge in [-0.2, -0.15) is 0 Å². The summed E-state index contributed by atoms with van der Waals surface area (Å²) < 4.78 is 0. The number of imide groups is 2. The maximum atomic E-state index is 12.7. The van der Waals surface area contributed by atoms with Gasteiger partial charge in [-0.25, -0.2) is 0 Å². The van der Waals surface area contributed by atoms with E-state index in [1.54, 1.807) is 60.7 Å². The molecule has 2 aliphatic heterocycles. The Morgan fingerprint density at radius 3 is 1.07 bits per heavy atom. The maximum Gasteiger partial charge on any atom is 2.00 e. The molecule has 0 unspecified atom stereocenters. The van der Waals surface area contributed by atoms with Gasteiger partial charge >= 0.3 is 23.1 Å². The van der Waals surface area contributed by atoms with Gasteiger partial charge < -0.3 is 10.2 Å². The van der Waals surface area contributed by atoms with Gasteiger partial charge in [0.25, 0.3) is 23.6 Å². The Morgan fingerprint density at radius 2 is 0.763 bits per heavy atom. The molecule has 0 aromatic heterocycles. The summed E-state index contributed by atoms with van der Waals surface area (Å²) >= 11 is 0. The van der Waals surface area contributed by atoms with Gasteiger partial charge in [0.1, 0.15) is 0 Å². The smallest absolute Gasteiger partial charge is 0.875 e. The fraction of sp³-hybridized carbons (Fsp3) is 0.542. The monoisotopic (exact) mass is 820 g/mol. The number of benzene rings is 2. The Balaban J connectivity index is 0.000000400. The van der Waals surface area contributed by atoms with Gasteiger partial charge in [-0.3, -0.25) is 38.6 Å². The average molecular weight is 821 g/mol. The number of Topliss-reactive ketones (excluding diaryl/α,β-unsaturated/α-hetero) is 2. The number of likely N-dealkylation sites (tertiary alicyclic amines) is 2. The molecule has 0 radical (unpaired) electrons. The first-order valence-corrected chi connectivity index (χ1v) is 21.8. The van der Waals surface area contributed by atoms with Crippen LogP contribution in [0.2, 0.25) is 0 Å². The molecular weight excluding hydrogens is 757 g/mol. The zero-order valence-corrected chi connectivity index (χ0v) is 37.0. The molecule has 2 fully saturated rings. The Hall–Kier alpha value is -4.09. The van der Waals surface area contributed by atoms with Crippen LogP contribution in [0.1, 0.15) is 176 Å². The molecule has 2 saturated heterocycles. The third kappa shape index (κ3) is 17.2. The molecule has 0 N–H and O–H groups in total. The van der Waals surface area contributed by atoms with E-state index in [1.165, 1.54) is 64.2 Å². The van der Waals surface area contributed by atoms with Crippen molar-refractivity contribution >= 4 is 58.2 Å². The Labute approximate surface area is 368 Å². The molecule has 4 rings (SSSR count). The second-order valence-corrected chi connectivity index (χ2v) is 15.4. The Morgan fingerprint density at radius 1 is 0.475 bits per heavy atom. The van der Waals surface area contributed by atoms with E-state index in [2.05, 4.69) is 13.8 Å². The maximum absolute atomic E-state index is 12.7. The number of hydrogen-bond acceptors (Lipinski definition) is 8. The van der Waals surface area contributed by atoms with E-state index in [0.717, 1.165) is 48.3 Å². The summed E-state index contributed by atoms with van der Waals surface area (Å²) in [7, 11) is 0. The molecule has 0 bridgehead atoms. The van der Waals surface area contributed by atoms with Crippen LogP contribution in [0.4, 0.5) is 0 Å². The van der Waals surface area contributed by atoms with Crippen LogP contribution in [-0.4, -0.2) is 81.1 Å². The largest absolute Gasteiger partial charge is 2.00 e. The third-order valence-corrected chi connectivity index (χ3v) is 10.7. The zero-order valence-electron chi connectivity index (χ0n) is 35.6.